The number of rotatable bonds is 8. The summed E-state index contributed by atoms with van der Waals surface area (Å²) in [7, 11) is -4.08. The Morgan fingerprint density at radius 1 is 1.04 bits per heavy atom. The summed E-state index contributed by atoms with van der Waals surface area (Å²) in [6.45, 7) is 4.03. The number of halogens is 1. The summed E-state index contributed by atoms with van der Waals surface area (Å²) >= 11 is 0. The van der Waals surface area contributed by atoms with Crippen LogP contribution in [0.2, 0.25) is 0 Å². The van der Waals surface area contributed by atoms with Gasteiger partial charge in [0.2, 0.25) is 0 Å². The summed E-state index contributed by atoms with van der Waals surface area (Å²) in [6.07, 6.45) is 10.7. The molecule has 0 unspecified atom stereocenters. The predicted octanol–water partition coefficient (Wildman–Crippen LogP) is 6.09. The predicted molar refractivity (Wildman–Crippen MR) is 170 cm³/mol. The number of nitrogens with one attached hydrogen (secondary N) is 1. The van der Waals surface area contributed by atoms with Crippen molar-refractivity contribution in [2.75, 3.05) is 11.9 Å². The molecule has 9 rings (SSSR count). The number of carbonyl (C=O) groups is 1. The number of benzene rings is 1. The molecule has 4 saturated carbocycles. The summed E-state index contributed by atoms with van der Waals surface area (Å²) in [4.78, 5) is 22.5. The number of nitrogens with zero attached hydrogens (tertiary/aromatic N) is 5. The fraction of sp³-hybridized carbons (Fsp3) is 0.412. The molecule has 2 atom stereocenters. The Kier molecular flexibility index (Phi) is 6.89. The van der Waals surface area contributed by atoms with Crippen molar-refractivity contribution >= 4 is 38.4 Å². The Balaban J connectivity index is 1.29. The highest BCUT2D eigenvalue weighted by atomic mass is 32.2. The van der Waals surface area contributed by atoms with Gasteiger partial charge in [0.25, 0.3) is 10.0 Å². The summed E-state index contributed by atoms with van der Waals surface area (Å²) in [6, 6.07) is 9.74. The van der Waals surface area contributed by atoms with Gasteiger partial charge in [-0.3, -0.25) is 4.79 Å². The zero-order valence-electron chi connectivity index (χ0n) is 25.7. The van der Waals surface area contributed by atoms with Crippen LogP contribution >= 0.6 is 0 Å². The molecule has 0 spiro atoms. The number of pyridine rings is 1. The zero-order valence-corrected chi connectivity index (χ0v) is 26.5. The van der Waals surface area contributed by atoms with Crippen molar-refractivity contribution in [1.82, 2.24) is 23.6 Å². The molecule has 4 heterocycles. The number of aryl methyl sites for hydroxylation is 1. The number of fused-ring (bicyclic) bond motifs is 5. The van der Waals surface area contributed by atoms with Crippen LogP contribution < -0.4 is 5.32 Å². The number of hydrogen-bond acceptors (Lipinski definition) is 8. The number of aromatic nitrogens is 5. The van der Waals surface area contributed by atoms with Crippen molar-refractivity contribution in [3.05, 3.63) is 71.9 Å². The Hall–Kier alpha value is -4.32. The molecule has 4 aliphatic carbocycles. The van der Waals surface area contributed by atoms with E-state index in [1.54, 1.807) is 28.8 Å². The molecule has 5 aromatic rings. The lowest BCUT2D eigenvalue weighted by molar-refractivity contribution is -0.154. The van der Waals surface area contributed by atoms with Crippen LogP contribution in [0.3, 0.4) is 0 Å². The van der Waals surface area contributed by atoms with Gasteiger partial charge >= 0.3 is 5.97 Å². The minimum absolute atomic E-state index is 0.0772. The fourth-order valence-corrected chi connectivity index (χ4v) is 8.84. The number of ether oxygens (including phenoxy) is 1. The van der Waals surface area contributed by atoms with E-state index in [1.807, 2.05) is 20.0 Å². The first kappa shape index (κ1) is 29.1. The van der Waals surface area contributed by atoms with E-state index in [2.05, 4.69) is 16.4 Å². The van der Waals surface area contributed by atoms with Gasteiger partial charge in [0, 0.05) is 29.4 Å². The first-order valence-electron chi connectivity index (χ1n) is 16.0. The van der Waals surface area contributed by atoms with Crippen LogP contribution in [-0.2, 0) is 19.6 Å². The maximum atomic E-state index is 14.7. The van der Waals surface area contributed by atoms with Crippen molar-refractivity contribution in [2.45, 2.75) is 69.2 Å². The van der Waals surface area contributed by atoms with Crippen molar-refractivity contribution in [3.63, 3.8) is 0 Å². The van der Waals surface area contributed by atoms with E-state index in [0.717, 1.165) is 65.3 Å². The first-order valence-corrected chi connectivity index (χ1v) is 17.5. The summed E-state index contributed by atoms with van der Waals surface area (Å²) in [5.41, 5.74) is 3.26. The quantitative estimate of drug-likeness (QED) is 0.202. The van der Waals surface area contributed by atoms with E-state index in [-0.39, 0.29) is 51.5 Å². The molecule has 10 nitrogen and oxygen atoms in total. The van der Waals surface area contributed by atoms with Gasteiger partial charge in [0.1, 0.15) is 11.3 Å². The van der Waals surface area contributed by atoms with Gasteiger partial charge in [-0.2, -0.15) is 0 Å². The highest BCUT2D eigenvalue weighted by Crippen LogP contribution is 2.47. The molecule has 2 bridgehead atoms. The molecule has 12 heteroatoms. The van der Waals surface area contributed by atoms with Crippen LogP contribution in [0.1, 0.15) is 62.5 Å². The number of hydrogen-bond donors (Lipinski definition) is 1. The largest absolute Gasteiger partial charge is 0.466 e. The normalized spacial score (nSPS) is 22.8. The lowest BCUT2D eigenvalue weighted by atomic mass is 9.61. The molecular formula is C34H35FN6O4S. The topological polar surface area (TPSA) is 120 Å². The van der Waals surface area contributed by atoms with E-state index in [1.165, 1.54) is 12.3 Å². The summed E-state index contributed by atoms with van der Waals surface area (Å²) < 4.78 is 50.8. The number of esters is 1. The van der Waals surface area contributed by atoms with Gasteiger partial charge in [0.05, 0.1) is 23.6 Å². The standard InChI is InChI=1S/C34H35FN6O4S/c1-3-45-34(42)29-21-8-10-22(11-9-21)30(29)37-32-28-14-23(20-6-7-20)17-40(28)39-31(38-32)27-18-41(33-26(27)15-24(35)16-36-33)46(43,44)25-12-4-19(2)5-13-25/h4-5,12-18,20-22,29-30H,3,6-11H2,1-2H3,(H,37,38,39)/t21-,22+,29-,30-/m0/s1. The van der Waals surface area contributed by atoms with Gasteiger partial charge in [-0.15, -0.1) is 5.10 Å². The minimum atomic E-state index is -4.08. The fourth-order valence-electron chi connectivity index (χ4n) is 7.51. The van der Waals surface area contributed by atoms with Gasteiger partial charge < -0.3 is 10.1 Å². The zero-order chi connectivity index (χ0) is 31.7. The molecule has 0 amide bonds. The Bertz CT molecular complexity index is 2100. The smallest absolute Gasteiger partial charge is 0.311 e. The second-order valence-electron chi connectivity index (χ2n) is 13.0. The highest BCUT2D eigenvalue weighted by molar-refractivity contribution is 7.90. The monoisotopic (exact) mass is 642 g/mol. The van der Waals surface area contributed by atoms with Crippen LogP contribution in [0.5, 0.6) is 0 Å². The molecule has 0 radical (unpaired) electrons. The minimum Gasteiger partial charge on any atom is -0.466 e. The van der Waals surface area contributed by atoms with Gasteiger partial charge in [-0.1, -0.05) is 17.7 Å². The molecule has 4 fully saturated rings. The van der Waals surface area contributed by atoms with Gasteiger partial charge in [-0.05, 0) is 100.0 Å². The van der Waals surface area contributed by atoms with Crippen LogP contribution in [0.15, 0.2) is 59.9 Å². The Morgan fingerprint density at radius 2 is 1.78 bits per heavy atom. The molecule has 4 aliphatic rings. The molecule has 4 aromatic heterocycles. The van der Waals surface area contributed by atoms with E-state index < -0.39 is 15.8 Å². The van der Waals surface area contributed by atoms with Crippen molar-refractivity contribution in [2.24, 2.45) is 17.8 Å². The Labute approximate surface area is 266 Å². The van der Waals surface area contributed by atoms with Crippen molar-refractivity contribution in [3.8, 4) is 11.4 Å². The lowest BCUT2D eigenvalue weighted by Gasteiger charge is -2.47. The molecular weight excluding hydrogens is 607 g/mol. The van der Waals surface area contributed by atoms with Crippen LogP contribution in [-0.4, -0.2) is 50.6 Å². The van der Waals surface area contributed by atoms with Crippen molar-refractivity contribution < 1.29 is 22.3 Å². The van der Waals surface area contributed by atoms with E-state index in [9.17, 15) is 17.6 Å². The third kappa shape index (κ3) is 4.85. The molecule has 0 aliphatic heterocycles. The average Bonchev–Trinajstić information content (AvgIpc) is 3.69. The summed E-state index contributed by atoms with van der Waals surface area (Å²) in [5, 5.41) is 8.78. The van der Waals surface area contributed by atoms with Gasteiger partial charge in [-0.25, -0.2) is 31.3 Å². The molecule has 238 valence electrons. The van der Waals surface area contributed by atoms with Crippen LogP contribution in [0, 0.1) is 30.5 Å². The van der Waals surface area contributed by atoms with Crippen LogP contribution in [0.4, 0.5) is 10.2 Å². The van der Waals surface area contributed by atoms with E-state index in [4.69, 9.17) is 14.8 Å². The summed E-state index contributed by atoms with van der Waals surface area (Å²) in [5.74, 6) is 0.680. The maximum absolute atomic E-state index is 14.7. The SMILES string of the molecule is CCOC(=O)[C@H]1[C@H]2CC[C@H](CC2)[C@@H]1Nc1nc(-c2cn(S(=O)(=O)c3ccc(C)cc3)c3ncc(F)cc23)nn2cc(C3CC3)cc12. The second kappa shape index (κ2) is 10.9. The molecule has 1 aromatic carbocycles. The third-order valence-corrected chi connectivity index (χ3v) is 11.7. The molecule has 0 saturated heterocycles. The third-order valence-electron chi connectivity index (χ3n) is 10.0. The maximum Gasteiger partial charge on any atom is 0.311 e. The molecule has 1 N–H and O–H groups in total. The first-order chi connectivity index (χ1) is 22.2. The lowest BCUT2D eigenvalue weighted by Crippen LogP contribution is -2.52. The number of carbonyl (C=O) groups excluding carboxylic acids is 1. The van der Waals surface area contributed by atoms with Crippen LogP contribution in [0.25, 0.3) is 27.9 Å². The van der Waals surface area contributed by atoms with E-state index in [0.29, 0.717) is 23.9 Å². The van der Waals surface area contributed by atoms with Gasteiger partial charge in [0.15, 0.2) is 17.3 Å². The number of anilines is 1. The Morgan fingerprint density at radius 3 is 2.50 bits per heavy atom. The molecule has 46 heavy (non-hydrogen) atoms. The highest BCUT2D eigenvalue weighted by Gasteiger charge is 2.48. The average molecular weight is 643 g/mol. The van der Waals surface area contributed by atoms with Crippen molar-refractivity contribution in [1.29, 1.82) is 0 Å². The second-order valence-corrected chi connectivity index (χ2v) is 14.8. The van der Waals surface area contributed by atoms with E-state index >= 15 is 0 Å².